The first-order valence-electron chi connectivity index (χ1n) is 11.8. The lowest BCUT2D eigenvalue weighted by molar-refractivity contribution is -0.126. The molecule has 0 aromatic heterocycles. The maximum absolute atomic E-state index is 12.5. The molecular weight excluding hydrogens is 358 g/mol. The van der Waals surface area contributed by atoms with E-state index in [-0.39, 0.29) is 11.3 Å². The van der Waals surface area contributed by atoms with Crippen LogP contribution in [0.1, 0.15) is 84.6 Å². The van der Waals surface area contributed by atoms with Gasteiger partial charge in [0.25, 0.3) is 0 Å². The zero-order chi connectivity index (χ0) is 20.6. The molecule has 4 aliphatic rings. The Hall–Kier alpha value is -1.51. The predicted octanol–water partition coefficient (Wildman–Crippen LogP) is 5.86. The van der Waals surface area contributed by atoms with Crippen molar-refractivity contribution in [1.29, 1.82) is 0 Å². The third kappa shape index (κ3) is 4.64. The fourth-order valence-corrected chi connectivity index (χ4v) is 6.65. The van der Waals surface area contributed by atoms with Crippen LogP contribution < -0.4 is 10.1 Å². The molecule has 5 rings (SSSR count). The van der Waals surface area contributed by atoms with Gasteiger partial charge in [-0.15, -0.1) is 0 Å². The van der Waals surface area contributed by atoms with Crippen molar-refractivity contribution >= 4 is 5.91 Å². The highest BCUT2D eigenvalue weighted by Crippen LogP contribution is 2.61. The third-order valence-corrected chi connectivity index (χ3v) is 7.92. The first-order chi connectivity index (χ1) is 13.7. The van der Waals surface area contributed by atoms with E-state index in [1.54, 1.807) is 0 Å². The van der Waals surface area contributed by atoms with E-state index < -0.39 is 0 Å². The zero-order valence-electron chi connectivity index (χ0n) is 18.8. The van der Waals surface area contributed by atoms with Gasteiger partial charge in [-0.05, 0) is 98.1 Å². The van der Waals surface area contributed by atoms with Gasteiger partial charge in [-0.2, -0.15) is 0 Å². The van der Waals surface area contributed by atoms with Crippen LogP contribution in [0.4, 0.5) is 0 Å². The topological polar surface area (TPSA) is 38.3 Å². The highest BCUT2D eigenvalue weighted by atomic mass is 16.5. The van der Waals surface area contributed by atoms with Crippen molar-refractivity contribution in [1.82, 2.24) is 5.32 Å². The summed E-state index contributed by atoms with van der Waals surface area (Å²) < 4.78 is 5.85. The summed E-state index contributed by atoms with van der Waals surface area (Å²) >= 11 is 0. The van der Waals surface area contributed by atoms with Crippen LogP contribution in [-0.2, 0) is 10.2 Å². The van der Waals surface area contributed by atoms with Gasteiger partial charge in [-0.1, -0.05) is 32.9 Å². The van der Waals surface area contributed by atoms with Crippen molar-refractivity contribution in [3.8, 4) is 5.75 Å². The summed E-state index contributed by atoms with van der Waals surface area (Å²) in [6, 6.07) is 8.66. The molecule has 1 unspecified atom stereocenters. The molecule has 0 spiro atoms. The molecule has 160 valence electrons. The normalized spacial score (nSPS) is 31.5. The number of nitrogens with one attached hydrogen (secondary N) is 1. The van der Waals surface area contributed by atoms with E-state index in [1.807, 2.05) is 12.1 Å². The van der Waals surface area contributed by atoms with Crippen molar-refractivity contribution in [2.75, 3.05) is 6.61 Å². The SMILES string of the molecule is CC(NC(=O)CCCOc1ccc(C(C)(C)C)cc1)C12CC3CC(CC(C3)C1)C2. The van der Waals surface area contributed by atoms with Gasteiger partial charge in [-0.3, -0.25) is 4.79 Å². The van der Waals surface area contributed by atoms with Crippen molar-refractivity contribution in [3.63, 3.8) is 0 Å². The first kappa shape index (κ1) is 20.8. The molecule has 3 nitrogen and oxygen atoms in total. The molecule has 3 heteroatoms. The lowest BCUT2D eigenvalue weighted by Gasteiger charge is -2.59. The summed E-state index contributed by atoms with van der Waals surface area (Å²) in [5.41, 5.74) is 1.85. The number of carbonyl (C=O) groups is 1. The third-order valence-electron chi connectivity index (χ3n) is 7.92. The summed E-state index contributed by atoms with van der Waals surface area (Å²) in [5.74, 6) is 3.87. The van der Waals surface area contributed by atoms with E-state index in [2.05, 4.69) is 45.1 Å². The number of hydrogen-bond acceptors (Lipinski definition) is 2. The number of amides is 1. The second-order valence-corrected chi connectivity index (χ2v) is 11.3. The summed E-state index contributed by atoms with van der Waals surface area (Å²) in [4.78, 5) is 12.5. The van der Waals surface area contributed by atoms with Gasteiger partial charge in [0.05, 0.1) is 6.61 Å². The maximum atomic E-state index is 12.5. The highest BCUT2D eigenvalue weighted by Gasteiger charge is 2.53. The molecular formula is C26H39NO2. The van der Waals surface area contributed by atoms with Crippen molar-refractivity contribution in [2.24, 2.45) is 23.2 Å². The molecule has 4 saturated carbocycles. The molecule has 1 aromatic rings. The van der Waals surface area contributed by atoms with Gasteiger partial charge in [0, 0.05) is 12.5 Å². The van der Waals surface area contributed by atoms with Crippen LogP contribution >= 0.6 is 0 Å². The molecule has 4 bridgehead atoms. The minimum atomic E-state index is 0.157. The van der Waals surface area contributed by atoms with Crippen LogP contribution in [-0.4, -0.2) is 18.6 Å². The number of benzene rings is 1. The Bertz CT molecular complexity index is 680. The largest absolute Gasteiger partial charge is 0.494 e. The summed E-state index contributed by atoms with van der Waals surface area (Å²) in [6.45, 7) is 9.50. The molecule has 1 amide bonds. The van der Waals surface area contributed by atoms with E-state index in [4.69, 9.17) is 4.74 Å². The average molecular weight is 398 g/mol. The molecule has 0 heterocycles. The van der Waals surface area contributed by atoms with Gasteiger partial charge in [0.2, 0.25) is 5.91 Å². The van der Waals surface area contributed by atoms with E-state index in [0.717, 1.165) is 29.9 Å². The van der Waals surface area contributed by atoms with Crippen LogP contribution in [0.5, 0.6) is 5.75 Å². The van der Waals surface area contributed by atoms with Gasteiger partial charge in [0.15, 0.2) is 0 Å². The average Bonchev–Trinajstić information content (AvgIpc) is 2.64. The van der Waals surface area contributed by atoms with Crippen LogP contribution in [0.2, 0.25) is 0 Å². The number of carbonyl (C=O) groups excluding carboxylic acids is 1. The summed E-state index contributed by atoms with van der Waals surface area (Å²) in [6.07, 6.45) is 9.70. The lowest BCUT2D eigenvalue weighted by atomic mass is 9.48. The van der Waals surface area contributed by atoms with Gasteiger partial charge < -0.3 is 10.1 Å². The van der Waals surface area contributed by atoms with Crippen molar-refractivity contribution in [3.05, 3.63) is 29.8 Å². The van der Waals surface area contributed by atoms with Crippen LogP contribution in [0.25, 0.3) is 0 Å². The Morgan fingerprint density at radius 2 is 1.62 bits per heavy atom. The van der Waals surface area contributed by atoms with Crippen LogP contribution in [0, 0.1) is 23.2 Å². The molecule has 0 saturated heterocycles. The van der Waals surface area contributed by atoms with Crippen molar-refractivity contribution < 1.29 is 9.53 Å². The monoisotopic (exact) mass is 397 g/mol. The quantitative estimate of drug-likeness (QED) is 0.585. The Kier molecular flexibility index (Phi) is 5.70. The van der Waals surface area contributed by atoms with Crippen LogP contribution in [0.15, 0.2) is 24.3 Å². The smallest absolute Gasteiger partial charge is 0.220 e. The van der Waals surface area contributed by atoms with Crippen molar-refractivity contribution in [2.45, 2.75) is 90.5 Å². The Labute approximate surface area is 177 Å². The van der Waals surface area contributed by atoms with E-state index in [1.165, 1.54) is 44.1 Å². The number of hydrogen-bond donors (Lipinski definition) is 1. The van der Waals surface area contributed by atoms with Gasteiger partial charge in [-0.25, -0.2) is 0 Å². The van der Waals surface area contributed by atoms with E-state index in [9.17, 15) is 4.79 Å². The number of ether oxygens (including phenoxy) is 1. The lowest BCUT2D eigenvalue weighted by Crippen LogP contribution is -2.55. The van der Waals surface area contributed by atoms with Gasteiger partial charge in [0.1, 0.15) is 5.75 Å². The predicted molar refractivity (Wildman–Crippen MR) is 118 cm³/mol. The molecule has 0 radical (unpaired) electrons. The highest BCUT2D eigenvalue weighted by molar-refractivity contribution is 5.76. The summed E-state index contributed by atoms with van der Waals surface area (Å²) in [7, 11) is 0. The molecule has 29 heavy (non-hydrogen) atoms. The second-order valence-electron chi connectivity index (χ2n) is 11.3. The molecule has 0 aliphatic heterocycles. The van der Waals surface area contributed by atoms with Crippen LogP contribution in [0.3, 0.4) is 0 Å². The van der Waals surface area contributed by atoms with E-state index in [0.29, 0.717) is 24.5 Å². The molecule has 1 aromatic carbocycles. The molecule has 4 aliphatic carbocycles. The zero-order valence-corrected chi connectivity index (χ0v) is 18.8. The van der Waals surface area contributed by atoms with Gasteiger partial charge >= 0.3 is 0 Å². The molecule has 4 fully saturated rings. The first-order valence-corrected chi connectivity index (χ1v) is 11.8. The fourth-order valence-electron chi connectivity index (χ4n) is 6.65. The Morgan fingerprint density at radius 3 is 2.14 bits per heavy atom. The van der Waals surface area contributed by atoms with E-state index >= 15 is 0 Å². The molecule has 1 N–H and O–H groups in total. The number of rotatable bonds is 7. The fraction of sp³-hybridized carbons (Fsp3) is 0.731. The maximum Gasteiger partial charge on any atom is 0.220 e. The minimum Gasteiger partial charge on any atom is -0.494 e. The Morgan fingerprint density at radius 1 is 1.07 bits per heavy atom. The molecule has 1 atom stereocenters. The Balaban J connectivity index is 1.20. The minimum absolute atomic E-state index is 0.157. The standard InChI is InChI=1S/C26H39NO2/c1-18(26-15-19-12-20(16-26)14-21(13-19)17-26)27-24(28)6-5-11-29-23-9-7-22(8-10-23)25(2,3)4/h7-10,18-21H,5-6,11-17H2,1-4H3,(H,27,28). The summed E-state index contributed by atoms with van der Waals surface area (Å²) in [5, 5.41) is 3.37. The second kappa shape index (κ2) is 7.96.